The summed E-state index contributed by atoms with van der Waals surface area (Å²) in [5, 5.41) is 2.88. The number of benzene rings is 1. The minimum atomic E-state index is -0.564. The summed E-state index contributed by atoms with van der Waals surface area (Å²) in [5.41, 5.74) is 1.41. The summed E-state index contributed by atoms with van der Waals surface area (Å²) in [6.07, 6.45) is -0.205. The zero-order chi connectivity index (χ0) is 20.7. The molecule has 2 atom stereocenters. The summed E-state index contributed by atoms with van der Waals surface area (Å²) < 4.78 is 6.27. The van der Waals surface area contributed by atoms with Gasteiger partial charge in [-0.2, -0.15) is 0 Å². The van der Waals surface area contributed by atoms with Crippen molar-refractivity contribution >= 4 is 52.0 Å². The third-order valence-corrected chi connectivity index (χ3v) is 6.38. The molecule has 0 radical (unpaired) electrons. The van der Waals surface area contributed by atoms with Crippen LogP contribution in [0.2, 0.25) is 4.34 Å². The fourth-order valence-corrected chi connectivity index (χ4v) is 4.56. The molecule has 1 N–H and O–H groups in total. The number of carbonyl (C=O) groups is 3. The molecule has 0 aliphatic carbocycles. The molecule has 0 saturated carbocycles. The molecule has 3 amide bonds. The maximum atomic E-state index is 12.5. The summed E-state index contributed by atoms with van der Waals surface area (Å²) in [6.45, 7) is 2.62. The van der Waals surface area contributed by atoms with Gasteiger partial charge in [-0.15, -0.1) is 11.3 Å². The second-order valence-electron chi connectivity index (χ2n) is 7.20. The highest BCUT2D eigenvalue weighted by atomic mass is 35.5. The van der Waals surface area contributed by atoms with Crippen LogP contribution in [0, 0.1) is 5.92 Å². The lowest BCUT2D eigenvalue weighted by Crippen LogP contribution is -2.42. The normalized spacial score (nSPS) is 20.5. The number of fused-ring (bicyclic) bond motifs is 1. The van der Waals surface area contributed by atoms with Crippen LogP contribution in [0.3, 0.4) is 0 Å². The van der Waals surface area contributed by atoms with Gasteiger partial charge in [0.25, 0.3) is 11.8 Å². The molecule has 0 spiro atoms. The Bertz CT molecular complexity index is 992. The fourth-order valence-electron chi connectivity index (χ4n) is 3.60. The topological polar surface area (TPSA) is 79.0 Å². The Morgan fingerprint density at radius 3 is 2.77 bits per heavy atom. The monoisotopic (exact) mass is 449 g/mol. The number of carbonyl (C=O) groups excluding carboxylic acids is 3. The van der Waals surface area contributed by atoms with Crippen LogP contribution < -0.4 is 19.9 Å². The number of anilines is 2. The molecule has 1 unspecified atom stereocenters. The van der Waals surface area contributed by atoms with E-state index in [4.69, 9.17) is 16.3 Å². The molecule has 1 aromatic heterocycles. The lowest BCUT2D eigenvalue weighted by atomic mass is 10.1. The number of amides is 3. The summed E-state index contributed by atoms with van der Waals surface area (Å²) in [5.74, 6) is 0.303. The van der Waals surface area contributed by atoms with E-state index in [1.165, 1.54) is 11.3 Å². The Morgan fingerprint density at radius 2 is 2.07 bits per heavy atom. The van der Waals surface area contributed by atoms with Crippen molar-refractivity contribution in [3.63, 3.8) is 0 Å². The molecule has 2 aliphatic rings. The van der Waals surface area contributed by atoms with Crippen LogP contribution in [-0.4, -0.2) is 44.0 Å². The standard InChI is InChI=1S/C20H20ClN3O4S.CH4/c1-11-20(27)23(2)14-4-3-13(8-15(14)28-11)24-10-12(7-18(24)25)9-22-19(26)16-5-6-17(21)29-16;/h3-6,8,11-12H,7,9-10H2,1-2H3,(H,22,26);1H4/t11?,12-;/m0./s1. The van der Waals surface area contributed by atoms with E-state index in [2.05, 4.69) is 5.32 Å². The average Bonchev–Trinajstić information content (AvgIpc) is 3.29. The second kappa shape index (κ2) is 8.65. The number of ether oxygens (including phenoxy) is 1. The smallest absolute Gasteiger partial charge is 0.267 e. The van der Waals surface area contributed by atoms with Crippen LogP contribution in [0.5, 0.6) is 5.75 Å². The van der Waals surface area contributed by atoms with E-state index in [1.54, 1.807) is 48.0 Å². The molecular formula is C21H24ClN3O4S. The maximum Gasteiger partial charge on any atom is 0.267 e. The van der Waals surface area contributed by atoms with Gasteiger partial charge < -0.3 is 19.9 Å². The first kappa shape index (κ1) is 22.1. The van der Waals surface area contributed by atoms with Crippen LogP contribution >= 0.6 is 22.9 Å². The van der Waals surface area contributed by atoms with Gasteiger partial charge in [-0.1, -0.05) is 19.0 Å². The van der Waals surface area contributed by atoms with Crippen LogP contribution in [-0.2, 0) is 9.59 Å². The van der Waals surface area contributed by atoms with Gasteiger partial charge in [0.2, 0.25) is 5.91 Å². The summed E-state index contributed by atoms with van der Waals surface area (Å²) in [7, 11) is 1.71. The van der Waals surface area contributed by atoms with Crippen LogP contribution in [0.15, 0.2) is 30.3 Å². The van der Waals surface area contributed by atoms with Gasteiger partial charge in [-0.25, -0.2) is 0 Å². The van der Waals surface area contributed by atoms with Crippen molar-refractivity contribution in [3.05, 3.63) is 39.5 Å². The molecule has 9 heteroatoms. The molecule has 2 aromatic rings. The SMILES string of the molecule is C.CC1Oc2cc(N3C[C@H](CNC(=O)c4ccc(Cl)s4)CC3=O)ccc2N(C)C1=O. The highest BCUT2D eigenvalue weighted by molar-refractivity contribution is 7.18. The molecule has 1 aromatic carbocycles. The molecule has 3 heterocycles. The Kier molecular flexibility index (Phi) is 6.38. The number of halogens is 1. The summed E-state index contributed by atoms with van der Waals surface area (Å²) in [6, 6.07) is 8.77. The van der Waals surface area contributed by atoms with Gasteiger partial charge >= 0.3 is 0 Å². The van der Waals surface area contributed by atoms with E-state index in [1.807, 2.05) is 6.07 Å². The van der Waals surface area contributed by atoms with Gasteiger partial charge in [-0.3, -0.25) is 14.4 Å². The largest absolute Gasteiger partial charge is 0.479 e. The molecule has 0 bridgehead atoms. The Morgan fingerprint density at radius 1 is 1.30 bits per heavy atom. The Hall–Kier alpha value is -2.58. The molecule has 2 aliphatic heterocycles. The highest BCUT2D eigenvalue weighted by Crippen LogP contribution is 2.37. The molecular weight excluding hydrogens is 426 g/mol. The van der Waals surface area contributed by atoms with Gasteiger partial charge in [0, 0.05) is 44.2 Å². The lowest BCUT2D eigenvalue weighted by Gasteiger charge is -2.31. The minimum Gasteiger partial charge on any atom is -0.479 e. The predicted molar refractivity (Wildman–Crippen MR) is 119 cm³/mol. The number of hydrogen-bond donors (Lipinski definition) is 1. The average molecular weight is 450 g/mol. The zero-order valence-corrected chi connectivity index (χ0v) is 17.5. The number of nitrogens with zero attached hydrogens (tertiary/aromatic N) is 2. The van der Waals surface area contributed by atoms with Gasteiger partial charge in [0.15, 0.2) is 6.10 Å². The number of hydrogen-bond acceptors (Lipinski definition) is 5. The van der Waals surface area contributed by atoms with Crippen LogP contribution in [0.4, 0.5) is 11.4 Å². The maximum absolute atomic E-state index is 12.5. The number of thiophene rings is 1. The molecule has 1 fully saturated rings. The van der Waals surface area contributed by atoms with Crippen molar-refractivity contribution in [1.82, 2.24) is 5.32 Å². The van der Waals surface area contributed by atoms with E-state index in [0.29, 0.717) is 40.2 Å². The third-order valence-electron chi connectivity index (χ3n) is 5.15. The van der Waals surface area contributed by atoms with Gasteiger partial charge in [0.1, 0.15) is 5.75 Å². The molecule has 30 heavy (non-hydrogen) atoms. The molecule has 1 saturated heterocycles. The first-order chi connectivity index (χ1) is 13.8. The Labute approximate surface area is 184 Å². The summed E-state index contributed by atoms with van der Waals surface area (Å²) >= 11 is 7.09. The van der Waals surface area contributed by atoms with Crippen molar-refractivity contribution in [2.24, 2.45) is 5.92 Å². The lowest BCUT2D eigenvalue weighted by molar-refractivity contribution is -0.125. The highest BCUT2D eigenvalue weighted by Gasteiger charge is 2.33. The fraction of sp³-hybridized carbons (Fsp3) is 0.381. The minimum absolute atomic E-state index is 0. The van der Waals surface area contributed by atoms with E-state index < -0.39 is 6.10 Å². The molecule has 160 valence electrons. The number of rotatable bonds is 4. The summed E-state index contributed by atoms with van der Waals surface area (Å²) in [4.78, 5) is 40.6. The van der Waals surface area contributed by atoms with Gasteiger partial charge in [0.05, 0.1) is 14.9 Å². The van der Waals surface area contributed by atoms with E-state index in [0.717, 1.165) is 5.69 Å². The van der Waals surface area contributed by atoms with Crippen LogP contribution in [0.1, 0.15) is 30.4 Å². The zero-order valence-electron chi connectivity index (χ0n) is 16.0. The predicted octanol–water partition coefficient (Wildman–Crippen LogP) is 3.56. The first-order valence-electron chi connectivity index (χ1n) is 9.25. The van der Waals surface area contributed by atoms with E-state index in [9.17, 15) is 14.4 Å². The van der Waals surface area contributed by atoms with E-state index >= 15 is 0 Å². The van der Waals surface area contributed by atoms with Crippen molar-refractivity contribution in [1.29, 1.82) is 0 Å². The quantitative estimate of drug-likeness (QED) is 0.774. The van der Waals surface area contributed by atoms with Crippen molar-refractivity contribution < 1.29 is 19.1 Å². The number of likely N-dealkylation sites (N-methyl/N-ethyl adjacent to an activating group) is 1. The van der Waals surface area contributed by atoms with Gasteiger partial charge in [-0.05, 0) is 31.2 Å². The van der Waals surface area contributed by atoms with Crippen molar-refractivity contribution in [2.45, 2.75) is 26.9 Å². The molecule has 7 nitrogen and oxygen atoms in total. The number of nitrogens with one attached hydrogen (secondary N) is 1. The van der Waals surface area contributed by atoms with E-state index in [-0.39, 0.29) is 31.1 Å². The first-order valence-corrected chi connectivity index (χ1v) is 10.4. The second-order valence-corrected chi connectivity index (χ2v) is 8.91. The van der Waals surface area contributed by atoms with Crippen molar-refractivity contribution in [3.8, 4) is 5.75 Å². The van der Waals surface area contributed by atoms with Crippen molar-refractivity contribution in [2.75, 3.05) is 29.9 Å². The van der Waals surface area contributed by atoms with Crippen LogP contribution in [0.25, 0.3) is 0 Å². The third kappa shape index (κ3) is 4.15. The Balaban J connectivity index is 0.00000256. The molecule has 4 rings (SSSR count).